The Morgan fingerprint density at radius 3 is 2.52 bits per heavy atom. The molecule has 0 aliphatic carbocycles. The number of amides is 1. The van der Waals surface area contributed by atoms with Gasteiger partial charge in [-0.1, -0.05) is 24.3 Å². The van der Waals surface area contributed by atoms with E-state index in [1.54, 1.807) is 30.5 Å². The Morgan fingerprint density at radius 2 is 1.78 bits per heavy atom. The average Bonchev–Trinajstić information content (AvgIpc) is 3.19. The molecule has 0 aliphatic heterocycles. The van der Waals surface area contributed by atoms with Crippen LogP contribution < -0.4 is 20.1 Å². The standard InChI is InChI=1S/C19H17N3O3S2/c23-17(21-18(26)22-19-20-9-12-27-19)14-5-4-8-16(13-14)25-11-10-24-15-6-2-1-3-7-15/h1-9,12-13H,10-11H2,(H2,20,21,22,23,26). The third-order valence-electron chi connectivity index (χ3n) is 3.34. The van der Waals surface area contributed by atoms with E-state index in [0.717, 1.165) is 5.75 Å². The lowest BCUT2D eigenvalue weighted by Crippen LogP contribution is -2.34. The summed E-state index contributed by atoms with van der Waals surface area (Å²) in [7, 11) is 0. The van der Waals surface area contributed by atoms with Crippen LogP contribution in [0, 0.1) is 0 Å². The number of nitrogens with zero attached hydrogens (tertiary/aromatic N) is 1. The van der Waals surface area contributed by atoms with Crippen LogP contribution >= 0.6 is 23.6 Å². The number of benzene rings is 2. The van der Waals surface area contributed by atoms with E-state index in [-0.39, 0.29) is 11.0 Å². The maximum atomic E-state index is 12.3. The number of thiocarbonyl (C=S) groups is 1. The van der Waals surface area contributed by atoms with Crippen molar-refractivity contribution in [1.29, 1.82) is 0 Å². The van der Waals surface area contributed by atoms with Crippen molar-refractivity contribution in [3.8, 4) is 11.5 Å². The average molecular weight is 399 g/mol. The fraction of sp³-hybridized carbons (Fsp3) is 0.105. The topological polar surface area (TPSA) is 72.5 Å². The van der Waals surface area contributed by atoms with Gasteiger partial charge in [0.25, 0.3) is 5.91 Å². The zero-order valence-electron chi connectivity index (χ0n) is 14.3. The van der Waals surface area contributed by atoms with Crippen LogP contribution in [0.25, 0.3) is 0 Å². The van der Waals surface area contributed by atoms with E-state index in [9.17, 15) is 4.79 Å². The summed E-state index contributed by atoms with van der Waals surface area (Å²) in [5.74, 6) is 1.05. The van der Waals surface area contributed by atoms with E-state index in [1.165, 1.54) is 11.3 Å². The molecular weight excluding hydrogens is 382 g/mol. The summed E-state index contributed by atoms with van der Waals surface area (Å²) < 4.78 is 11.2. The van der Waals surface area contributed by atoms with Gasteiger partial charge in [0.2, 0.25) is 0 Å². The molecule has 2 aromatic carbocycles. The van der Waals surface area contributed by atoms with Gasteiger partial charge >= 0.3 is 0 Å². The van der Waals surface area contributed by atoms with E-state index in [4.69, 9.17) is 21.7 Å². The van der Waals surface area contributed by atoms with Crippen molar-refractivity contribution in [3.63, 3.8) is 0 Å². The van der Waals surface area contributed by atoms with Crippen LogP contribution in [0.15, 0.2) is 66.2 Å². The molecule has 1 heterocycles. The van der Waals surface area contributed by atoms with Gasteiger partial charge in [-0.15, -0.1) is 11.3 Å². The number of anilines is 1. The highest BCUT2D eigenvalue weighted by atomic mass is 32.1. The summed E-state index contributed by atoms with van der Waals surface area (Å²) >= 11 is 6.51. The Morgan fingerprint density at radius 1 is 1.04 bits per heavy atom. The number of carbonyl (C=O) groups is 1. The zero-order valence-corrected chi connectivity index (χ0v) is 15.9. The van der Waals surface area contributed by atoms with Crippen LogP contribution in [-0.2, 0) is 0 Å². The number of hydrogen-bond acceptors (Lipinski definition) is 6. The van der Waals surface area contributed by atoms with Gasteiger partial charge in [-0.2, -0.15) is 0 Å². The summed E-state index contributed by atoms with van der Waals surface area (Å²) in [5.41, 5.74) is 0.444. The van der Waals surface area contributed by atoms with E-state index in [1.807, 2.05) is 35.7 Å². The first-order chi connectivity index (χ1) is 13.2. The molecule has 27 heavy (non-hydrogen) atoms. The molecule has 138 valence electrons. The number of rotatable bonds is 7. The highest BCUT2D eigenvalue weighted by molar-refractivity contribution is 7.80. The molecule has 0 unspecified atom stereocenters. The van der Waals surface area contributed by atoms with Gasteiger partial charge in [-0.25, -0.2) is 4.98 Å². The minimum atomic E-state index is -0.324. The first-order valence-electron chi connectivity index (χ1n) is 8.13. The molecule has 0 saturated heterocycles. The summed E-state index contributed by atoms with van der Waals surface area (Å²) in [4.78, 5) is 16.4. The molecule has 2 N–H and O–H groups in total. The first kappa shape index (κ1) is 18.8. The van der Waals surface area contributed by atoms with E-state index in [0.29, 0.717) is 29.7 Å². The predicted octanol–water partition coefficient (Wildman–Crippen LogP) is 3.73. The van der Waals surface area contributed by atoms with Crippen LogP contribution in [0.2, 0.25) is 0 Å². The molecule has 8 heteroatoms. The quantitative estimate of drug-likeness (QED) is 0.466. The number of aromatic nitrogens is 1. The fourth-order valence-corrected chi connectivity index (χ4v) is 2.94. The van der Waals surface area contributed by atoms with Crippen molar-refractivity contribution in [2.45, 2.75) is 0 Å². The number of nitrogens with one attached hydrogen (secondary N) is 2. The number of thiazole rings is 1. The van der Waals surface area contributed by atoms with Crippen molar-refractivity contribution in [2.24, 2.45) is 0 Å². The molecule has 0 aliphatic rings. The lowest BCUT2D eigenvalue weighted by Gasteiger charge is -2.10. The van der Waals surface area contributed by atoms with Crippen molar-refractivity contribution in [2.75, 3.05) is 18.5 Å². The van der Waals surface area contributed by atoms with E-state index < -0.39 is 0 Å². The van der Waals surface area contributed by atoms with Gasteiger partial charge < -0.3 is 14.8 Å². The number of para-hydroxylation sites is 1. The number of carbonyl (C=O) groups excluding carboxylic acids is 1. The second-order valence-corrected chi connectivity index (χ2v) is 6.59. The highest BCUT2D eigenvalue weighted by Crippen LogP contribution is 2.14. The number of hydrogen-bond donors (Lipinski definition) is 2. The van der Waals surface area contributed by atoms with Gasteiger partial charge in [0.05, 0.1) is 0 Å². The van der Waals surface area contributed by atoms with Crippen molar-refractivity contribution >= 4 is 39.7 Å². The Kier molecular flexibility index (Phi) is 6.72. The Labute approximate surface area is 166 Å². The molecule has 0 bridgehead atoms. The maximum Gasteiger partial charge on any atom is 0.257 e. The minimum Gasteiger partial charge on any atom is -0.490 e. The lowest BCUT2D eigenvalue weighted by atomic mass is 10.2. The third kappa shape index (κ3) is 6.05. The molecule has 0 radical (unpaired) electrons. The second-order valence-electron chi connectivity index (χ2n) is 5.28. The second kappa shape index (κ2) is 9.65. The molecule has 3 aromatic rings. The fourth-order valence-electron chi connectivity index (χ4n) is 2.15. The molecule has 0 saturated carbocycles. The summed E-state index contributed by atoms with van der Waals surface area (Å²) in [6.07, 6.45) is 1.65. The molecule has 6 nitrogen and oxygen atoms in total. The van der Waals surface area contributed by atoms with Crippen molar-refractivity contribution < 1.29 is 14.3 Å². The monoisotopic (exact) mass is 399 g/mol. The van der Waals surface area contributed by atoms with Crippen LogP contribution in [0.3, 0.4) is 0 Å². The Hall–Kier alpha value is -2.97. The molecule has 0 atom stereocenters. The molecule has 0 fully saturated rings. The molecule has 1 amide bonds. The summed E-state index contributed by atoms with van der Waals surface area (Å²) in [6, 6.07) is 16.4. The smallest absolute Gasteiger partial charge is 0.257 e. The van der Waals surface area contributed by atoms with E-state index in [2.05, 4.69) is 15.6 Å². The molecular formula is C19H17N3O3S2. The predicted molar refractivity (Wildman–Crippen MR) is 110 cm³/mol. The Balaban J connectivity index is 1.47. The highest BCUT2D eigenvalue weighted by Gasteiger charge is 2.10. The minimum absolute atomic E-state index is 0.192. The van der Waals surface area contributed by atoms with Gasteiger partial charge in [0, 0.05) is 17.1 Å². The molecule has 1 aromatic heterocycles. The zero-order chi connectivity index (χ0) is 18.9. The van der Waals surface area contributed by atoms with Crippen LogP contribution in [0.5, 0.6) is 11.5 Å². The van der Waals surface area contributed by atoms with Crippen LogP contribution in [0.4, 0.5) is 5.13 Å². The summed E-state index contributed by atoms with van der Waals surface area (Å²) in [6.45, 7) is 0.770. The van der Waals surface area contributed by atoms with Gasteiger partial charge in [0.1, 0.15) is 24.7 Å². The van der Waals surface area contributed by atoms with Gasteiger partial charge in [0.15, 0.2) is 10.2 Å². The van der Waals surface area contributed by atoms with Crippen LogP contribution in [0.1, 0.15) is 10.4 Å². The van der Waals surface area contributed by atoms with Gasteiger partial charge in [-0.05, 0) is 42.5 Å². The van der Waals surface area contributed by atoms with Crippen molar-refractivity contribution in [3.05, 3.63) is 71.7 Å². The molecule has 0 spiro atoms. The van der Waals surface area contributed by atoms with Gasteiger partial charge in [-0.3, -0.25) is 10.1 Å². The van der Waals surface area contributed by atoms with Crippen LogP contribution in [-0.4, -0.2) is 29.2 Å². The maximum absolute atomic E-state index is 12.3. The molecule has 3 rings (SSSR count). The largest absolute Gasteiger partial charge is 0.490 e. The summed E-state index contributed by atoms with van der Waals surface area (Å²) in [5, 5.41) is 8.10. The first-order valence-corrected chi connectivity index (χ1v) is 9.42. The third-order valence-corrected chi connectivity index (χ3v) is 4.23. The van der Waals surface area contributed by atoms with Crippen molar-refractivity contribution in [1.82, 2.24) is 10.3 Å². The normalized spacial score (nSPS) is 10.1. The number of ether oxygens (including phenoxy) is 2. The SMILES string of the molecule is O=C(NC(=S)Nc1nccs1)c1cccc(OCCOc2ccccc2)c1. The lowest BCUT2D eigenvalue weighted by molar-refractivity contribution is 0.0977. The Bertz CT molecular complexity index is 886. The van der Waals surface area contributed by atoms with E-state index >= 15 is 0 Å².